The lowest BCUT2D eigenvalue weighted by Gasteiger charge is -2.02. The highest BCUT2D eigenvalue weighted by Crippen LogP contribution is 2.33. The van der Waals surface area contributed by atoms with Crippen LogP contribution >= 0.6 is 23.1 Å². The van der Waals surface area contributed by atoms with E-state index in [2.05, 4.69) is 0 Å². The average Bonchev–Trinajstić information content (AvgIpc) is 2.68. The van der Waals surface area contributed by atoms with Gasteiger partial charge in [0.2, 0.25) is 0 Å². The van der Waals surface area contributed by atoms with Crippen molar-refractivity contribution in [3.63, 3.8) is 0 Å². The molecule has 0 amide bonds. The van der Waals surface area contributed by atoms with Gasteiger partial charge < -0.3 is 0 Å². The second-order valence-corrected chi connectivity index (χ2v) is 4.53. The first kappa shape index (κ1) is 9.68. The van der Waals surface area contributed by atoms with Crippen LogP contribution in [0.25, 0.3) is 10.1 Å². The maximum atomic E-state index is 13.6. The second kappa shape index (κ2) is 3.71. The van der Waals surface area contributed by atoms with Gasteiger partial charge in [-0.2, -0.15) is 0 Å². The Balaban J connectivity index is 2.86. The van der Waals surface area contributed by atoms with Crippen molar-refractivity contribution in [3.8, 4) is 0 Å². The SMILES string of the molecule is CSc1cc(C=O)c(F)c2sccc12. The Labute approximate surface area is 88.9 Å². The van der Waals surface area contributed by atoms with Crippen molar-refractivity contribution in [2.24, 2.45) is 0 Å². The highest BCUT2D eigenvalue weighted by molar-refractivity contribution is 7.98. The second-order valence-electron chi connectivity index (χ2n) is 2.76. The fraction of sp³-hybridized carbons (Fsp3) is 0.100. The van der Waals surface area contributed by atoms with Crippen LogP contribution in [0, 0.1) is 5.82 Å². The monoisotopic (exact) mass is 226 g/mol. The molecule has 1 heterocycles. The first-order chi connectivity index (χ1) is 6.77. The summed E-state index contributed by atoms with van der Waals surface area (Å²) in [4.78, 5) is 11.6. The number of hydrogen-bond acceptors (Lipinski definition) is 3. The number of carbonyl (C=O) groups is 1. The number of thioether (sulfide) groups is 1. The number of carbonyl (C=O) groups excluding carboxylic acids is 1. The molecule has 0 aliphatic rings. The summed E-state index contributed by atoms with van der Waals surface area (Å²) in [6, 6.07) is 3.48. The van der Waals surface area contributed by atoms with Crippen molar-refractivity contribution >= 4 is 39.5 Å². The maximum absolute atomic E-state index is 13.6. The smallest absolute Gasteiger partial charge is 0.153 e. The van der Waals surface area contributed by atoms with Gasteiger partial charge in [-0.3, -0.25) is 4.79 Å². The number of aldehydes is 1. The Kier molecular flexibility index (Phi) is 2.56. The van der Waals surface area contributed by atoms with E-state index in [1.54, 1.807) is 6.07 Å². The van der Waals surface area contributed by atoms with Gasteiger partial charge in [-0.1, -0.05) is 0 Å². The summed E-state index contributed by atoms with van der Waals surface area (Å²) in [6.45, 7) is 0. The van der Waals surface area contributed by atoms with Gasteiger partial charge in [-0.25, -0.2) is 4.39 Å². The Bertz CT molecular complexity index is 490. The molecule has 0 atom stereocenters. The predicted octanol–water partition coefficient (Wildman–Crippen LogP) is 3.57. The molecule has 0 fully saturated rings. The minimum Gasteiger partial charge on any atom is -0.298 e. The molecule has 0 radical (unpaired) electrons. The predicted molar refractivity (Wildman–Crippen MR) is 59.0 cm³/mol. The van der Waals surface area contributed by atoms with E-state index in [1.165, 1.54) is 23.1 Å². The van der Waals surface area contributed by atoms with Crippen molar-refractivity contribution in [2.45, 2.75) is 4.90 Å². The van der Waals surface area contributed by atoms with Gasteiger partial charge in [0.05, 0.1) is 10.3 Å². The quantitative estimate of drug-likeness (QED) is 0.575. The minimum absolute atomic E-state index is 0.143. The molecule has 1 aromatic carbocycles. The van der Waals surface area contributed by atoms with Crippen LogP contribution in [-0.4, -0.2) is 12.5 Å². The zero-order chi connectivity index (χ0) is 10.1. The molecule has 0 spiro atoms. The molecule has 2 rings (SSSR count). The van der Waals surface area contributed by atoms with Gasteiger partial charge in [0, 0.05) is 10.3 Å². The van der Waals surface area contributed by atoms with Gasteiger partial charge in [0.25, 0.3) is 0 Å². The van der Waals surface area contributed by atoms with Gasteiger partial charge in [0.15, 0.2) is 12.1 Å². The maximum Gasteiger partial charge on any atom is 0.153 e. The zero-order valence-electron chi connectivity index (χ0n) is 7.41. The number of fused-ring (bicyclic) bond motifs is 1. The molecule has 1 aromatic heterocycles. The first-order valence-corrected chi connectivity index (χ1v) is 6.07. The number of halogens is 1. The average molecular weight is 226 g/mol. The summed E-state index contributed by atoms with van der Waals surface area (Å²) < 4.78 is 14.2. The molecule has 1 nitrogen and oxygen atoms in total. The summed E-state index contributed by atoms with van der Waals surface area (Å²) in [5, 5.41) is 2.73. The van der Waals surface area contributed by atoms with Gasteiger partial charge in [-0.05, 0) is 23.8 Å². The van der Waals surface area contributed by atoms with Crippen LogP contribution in [-0.2, 0) is 0 Å². The van der Waals surface area contributed by atoms with Gasteiger partial charge >= 0.3 is 0 Å². The third-order valence-corrected chi connectivity index (χ3v) is 3.70. The summed E-state index contributed by atoms with van der Waals surface area (Å²) in [5.41, 5.74) is 0.143. The van der Waals surface area contributed by atoms with Crippen molar-refractivity contribution in [1.29, 1.82) is 0 Å². The van der Waals surface area contributed by atoms with Crippen molar-refractivity contribution in [3.05, 3.63) is 28.9 Å². The Morgan fingerprint density at radius 2 is 2.36 bits per heavy atom. The normalized spacial score (nSPS) is 10.7. The molecule has 0 aliphatic carbocycles. The van der Waals surface area contributed by atoms with Crippen LogP contribution in [0.1, 0.15) is 10.4 Å². The Hall–Kier alpha value is -0.870. The third-order valence-electron chi connectivity index (χ3n) is 2.02. The lowest BCUT2D eigenvalue weighted by Crippen LogP contribution is -1.88. The molecule has 0 bridgehead atoms. The van der Waals surface area contributed by atoms with E-state index in [9.17, 15) is 9.18 Å². The van der Waals surface area contributed by atoms with Crippen LogP contribution in [0.5, 0.6) is 0 Å². The summed E-state index contributed by atoms with van der Waals surface area (Å²) in [7, 11) is 0. The fourth-order valence-corrected chi connectivity index (χ4v) is 2.91. The Morgan fingerprint density at radius 1 is 1.57 bits per heavy atom. The van der Waals surface area contributed by atoms with Crippen molar-refractivity contribution < 1.29 is 9.18 Å². The number of benzene rings is 1. The van der Waals surface area contributed by atoms with Gasteiger partial charge in [-0.15, -0.1) is 23.1 Å². The minimum atomic E-state index is -0.400. The fourth-order valence-electron chi connectivity index (χ4n) is 1.34. The number of thiophene rings is 1. The zero-order valence-corrected chi connectivity index (χ0v) is 9.05. The standard InChI is InChI=1S/C10H7FOS2/c1-13-8-4-6(5-12)9(11)10-7(8)2-3-14-10/h2-5H,1H3. The van der Waals surface area contributed by atoms with Gasteiger partial charge in [0.1, 0.15) is 0 Å². The molecule has 0 saturated carbocycles. The third kappa shape index (κ3) is 1.35. The van der Waals surface area contributed by atoms with E-state index in [1.807, 2.05) is 17.7 Å². The molecule has 2 aromatic rings. The van der Waals surface area contributed by atoms with Crippen molar-refractivity contribution in [2.75, 3.05) is 6.26 Å². The first-order valence-electron chi connectivity index (χ1n) is 3.96. The van der Waals surface area contributed by atoms with E-state index in [0.717, 1.165) is 10.3 Å². The van der Waals surface area contributed by atoms with Crippen LogP contribution in [0.4, 0.5) is 4.39 Å². The van der Waals surface area contributed by atoms with E-state index in [-0.39, 0.29) is 5.56 Å². The number of hydrogen-bond donors (Lipinski definition) is 0. The molecular formula is C10H7FOS2. The lowest BCUT2D eigenvalue weighted by atomic mass is 10.2. The van der Waals surface area contributed by atoms with E-state index >= 15 is 0 Å². The summed E-state index contributed by atoms with van der Waals surface area (Å²) >= 11 is 2.85. The number of rotatable bonds is 2. The molecular weight excluding hydrogens is 219 g/mol. The highest BCUT2D eigenvalue weighted by Gasteiger charge is 2.11. The molecule has 14 heavy (non-hydrogen) atoms. The Morgan fingerprint density at radius 3 is 3.00 bits per heavy atom. The summed E-state index contributed by atoms with van der Waals surface area (Å²) in [6.07, 6.45) is 2.48. The largest absolute Gasteiger partial charge is 0.298 e. The molecule has 72 valence electrons. The topological polar surface area (TPSA) is 17.1 Å². The molecule has 4 heteroatoms. The van der Waals surface area contributed by atoms with E-state index in [4.69, 9.17) is 0 Å². The highest BCUT2D eigenvalue weighted by atomic mass is 32.2. The lowest BCUT2D eigenvalue weighted by molar-refractivity contribution is 0.112. The van der Waals surface area contributed by atoms with E-state index in [0.29, 0.717) is 11.0 Å². The van der Waals surface area contributed by atoms with Crippen LogP contribution in [0.3, 0.4) is 0 Å². The van der Waals surface area contributed by atoms with Crippen LogP contribution in [0.15, 0.2) is 22.4 Å². The molecule has 0 saturated heterocycles. The van der Waals surface area contributed by atoms with Crippen LogP contribution in [0.2, 0.25) is 0 Å². The summed E-state index contributed by atoms with van der Waals surface area (Å²) in [5.74, 6) is -0.400. The molecule has 0 aliphatic heterocycles. The van der Waals surface area contributed by atoms with Crippen molar-refractivity contribution in [1.82, 2.24) is 0 Å². The van der Waals surface area contributed by atoms with E-state index < -0.39 is 5.82 Å². The molecule has 0 unspecified atom stereocenters. The molecule has 0 N–H and O–H groups in total. The van der Waals surface area contributed by atoms with Crippen LogP contribution < -0.4 is 0 Å².